The van der Waals surface area contributed by atoms with Gasteiger partial charge in [-0.15, -0.1) is 0 Å². The largest absolute Gasteiger partial charge is 0.394 e. The smallest absolute Gasteiger partial charge is 0.135 e. The van der Waals surface area contributed by atoms with E-state index in [1.165, 1.54) is 31.8 Å². The minimum atomic E-state index is -0.998. The molecule has 59 heavy (non-hydrogen) atoms. The van der Waals surface area contributed by atoms with Crippen LogP contribution in [-0.2, 0) is 38.0 Å². The molecule has 0 spiro atoms. The number of aliphatic hydroxyl groups excluding tert-OH is 4. The first kappa shape index (κ1) is 57.4. The molecule has 0 aromatic carbocycles. The van der Waals surface area contributed by atoms with Crippen LogP contribution in [0.15, 0.2) is 24.3 Å². The Hall–Kier alpha value is -1.58. The Morgan fingerprint density at radius 3 is 1.83 bits per heavy atom. The fourth-order valence-electron chi connectivity index (χ4n) is 7.51. The maximum Gasteiger partial charge on any atom is 0.135 e. The van der Waals surface area contributed by atoms with E-state index in [4.69, 9.17) is 38.6 Å². The summed E-state index contributed by atoms with van der Waals surface area (Å²) in [6.45, 7) is 31.6. The van der Waals surface area contributed by atoms with Gasteiger partial charge in [-0.3, -0.25) is 9.59 Å². The molecule has 0 aliphatic carbocycles. The summed E-state index contributed by atoms with van der Waals surface area (Å²) in [5, 5.41) is 37.9. The summed E-state index contributed by atoms with van der Waals surface area (Å²) in [4.78, 5) is 25.2. The molecule has 12 heteroatoms. The summed E-state index contributed by atoms with van der Waals surface area (Å²) < 4.78 is 34.9. The Kier molecular flexibility index (Phi) is 32.2. The van der Waals surface area contributed by atoms with Gasteiger partial charge >= 0.3 is 0 Å². The average molecular weight is 845 g/mol. The average Bonchev–Trinajstić information content (AvgIpc) is 3.95. The highest BCUT2D eigenvalue weighted by Gasteiger charge is 2.57. The quantitative estimate of drug-likeness (QED) is 0.150. The van der Waals surface area contributed by atoms with Crippen LogP contribution in [0, 0.1) is 5.92 Å². The zero-order valence-electron chi connectivity index (χ0n) is 39.0. The molecule has 0 radical (unpaired) electrons. The number of ether oxygens (including phenoxy) is 6. The van der Waals surface area contributed by atoms with Crippen molar-refractivity contribution in [2.75, 3.05) is 26.4 Å². The topological polar surface area (TPSA) is 170 Å². The first-order chi connectivity index (χ1) is 28.3. The van der Waals surface area contributed by atoms with E-state index in [0.717, 1.165) is 31.4 Å². The highest BCUT2D eigenvalue weighted by molar-refractivity contribution is 5.79. The van der Waals surface area contributed by atoms with E-state index < -0.39 is 42.7 Å². The normalized spacial score (nSPS) is 33.3. The molecule has 0 amide bonds. The van der Waals surface area contributed by atoms with Crippen LogP contribution in [0.1, 0.15) is 160 Å². The van der Waals surface area contributed by atoms with E-state index >= 15 is 0 Å². The van der Waals surface area contributed by atoms with Crippen LogP contribution >= 0.6 is 0 Å². The fourth-order valence-corrected chi connectivity index (χ4v) is 7.51. The Balaban J connectivity index is 0.00000121. The number of ketones is 2. The Morgan fingerprint density at radius 1 is 0.729 bits per heavy atom. The third-order valence-corrected chi connectivity index (χ3v) is 10.6. The number of fused-ring (bicyclic) bond motifs is 2. The van der Waals surface area contributed by atoms with Gasteiger partial charge in [0.2, 0.25) is 0 Å². The van der Waals surface area contributed by atoms with Gasteiger partial charge in [0.1, 0.15) is 42.1 Å². The maximum absolute atomic E-state index is 12.6. The molecule has 6 rings (SSSR count). The lowest BCUT2D eigenvalue weighted by Crippen LogP contribution is -2.61. The van der Waals surface area contributed by atoms with Gasteiger partial charge in [0.05, 0.1) is 62.5 Å². The predicted octanol–water partition coefficient (Wildman–Crippen LogP) is 7.64. The molecule has 9 unspecified atom stereocenters. The number of carbonyl (C=O) groups excluding carboxylic acids is 2. The second-order valence-electron chi connectivity index (χ2n) is 15.7. The molecule has 6 aliphatic heterocycles. The Morgan fingerprint density at radius 2 is 1.32 bits per heavy atom. The van der Waals surface area contributed by atoms with E-state index in [2.05, 4.69) is 33.9 Å². The van der Waals surface area contributed by atoms with Crippen LogP contribution in [0.2, 0.25) is 0 Å². The minimum absolute atomic E-state index is 0.0116. The number of rotatable bonds is 11. The third-order valence-electron chi connectivity index (χ3n) is 10.6. The van der Waals surface area contributed by atoms with Gasteiger partial charge < -0.3 is 48.8 Å². The highest BCUT2D eigenvalue weighted by atomic mass is 16.6. The van der Waals surface area contributed by atoms with Crippen LogP contribution in [0.5, 0.6) is 0 Å². The zero-order chi connectivity index (χ0) is 45.1. The highest BCUT2D eigenvalue weighted by Crippen LogP contribution is 2.40. The van der Waals surface area contributed by atoms with Crippen LogP contribution in [0.4, 0.5) is 0 Å². The summed E-state index contributed by atoms with van der Waals surface area (Å²) in [6, 6.07) is 0. The van der Waals surface area contributed by atoms with Crippen molar-refractivity contribution in [2.45, 2.75) is 233 Å². The van der Waals surface area contributed by atoms with Gasteiger partial charge in [0.15, 0.2) is 0 Å². The van der Waals surface area contributed by atoms with E-state index in [0.29, 0.717) is 57.8 Å². The second-order valence-corrected chi connectivity index (χ2v) is 15.7. The molecule has 6 fully saturated rings. The van der Waals surface area contributed by atoms with Crippen molar-refractivity contribution in [1.82, 2.24) is 0 Å². The van der Waals surface area contributed by atoms with Gasteiger partial charge in [-0.2, -0.15) is 0 Å². The van der Waals surface area contributed by atoms with Crippen molar-refractivity contribution in [3.63, 3.8) is 0 Å². The van der Waals surface area contributed by atoms with Gasteiger partial charge in [0.25, 0.3) is 0 Å². The molecule has 0 bridgehead atoms. The fraction of sp³-hybridized carbons (Fsp3) is 0.872. The summed E-state index contributed by atoms with van der Waals surface area (Å²) in [6.07, 6.45) is 4.17. The predicted molar refractivity (Wildman–Crippen MR) is 235 cm³/mol. The zero-order valence-corrected chi connectivity index (χ0v) is 39.0. The number of hydrogen-bond donors (Lipinski definition) is 4. The van der Waals surface area contributed by atoms with Crippen molar-refractivity contribution >= 4 is 11.6 Å². The first-order valence-electron chi connectivity index (χ1n) is 23.1. The van der Waals surface area contributed by atoms with Gasteiger partial charge in [-0.1, -0.05) is 87.5 Å². The lowest BCUT2D eigenvalue weighted by molar-refractivity contribution is -0.259. The van der Waals surface area contributed by atoms with Crippen molar-refractivity contribution in [1.29, 1.82) is 0 Å². The summed E-state index contributed by atoms with van der Waals surface area (Å²) in [5.41, 5.74) is 2.30. The van der Waals surface area contributed by atoms with E-state index in [9.17, 15) is 19.8 Å². The van der Waals surface area contributed by atoms with Crippen molar-refractivity contribution in [2.24, 2.45) is 5.92 Å². The van der Waals surface area contributed by atoms with E-state index in [-0.39, 0.29) is 54.9 Å². The lowest BCUT2D eigenvalue weighted by Gasteiger charge is -2.46. The number of carbonyl (C=O) groups is 2. The number of hydrogen-bond acceptors (Lipinski definition) is 12. The molecule has 13 atom stereocenters. The van der Waals surface area contributed by atoms with Gasteiger partial charge in [-0.25, -0.2) is 0 Å². The van der Waals surface area contributed by atoms with Crippen LogP contribution in [0.25, 0.3) is 0 Å². The molecule has 4 N–H and O–H groups in total. The molecular weight excluding hydrogens is 757 g/mol. The summed E-state index contributed by atoms with van der Waals surface area (Å²) >= 11 is 0. The molecular formula is C47H88O12. The molecule has 12 nitrogen and oxygen atoms in total. The molecule has 0 saturated carbocycles. The number of Topliss-reactive ketones (excluding diaryl/α,β-unsaturated/α-hetero) is 2. The maximum atomic E-state index is 12.6. The van der Waals surface area contributed by atoms with Crippen LogP contribution in [0.3, 0.4) is 0 Å². The molecule has 348 valence electrons. The Labute approximate surface area is 358 Å². The van der Waals surface area contributed by atoms with Crippen LogP contribution < -0.4 is 0 Å². The van der Waals surface area contributed by atoms with E-state index in [1.54, 1.807) is 0 Å². The van der Waals surface area contributed by atoms with E-state index in [1.807, 2.05) is 48.5 Å². The monoisotopic (exact) mass is 845 g/mol. The summed E-state index contributed by atoms with van der Waals surface area (Å²) in [7, 11) is 0. The van der Waals surface area contributed by atoms with Crippen molar-refractivity contribution in [3.05, 3.63) is 24.3 Å². The minimum Gasteiger partial charge on any atom is -0.394 e. The first-order valence-corrected chi connectivity index (χ1v) is 23.1. The Bertz CT molecular complexity index is 1120. The van der Waals surface area contributed by atoms with Crippen molar-refractivity contribution < 1.29 is 58.4 Å². The lowest BCUT2D eigenvalue weighted by atomic mass is 9.86. The molecule has 0 aromatic heterocycles. The molecule has 0 aromatic rings. The molecule has 6 aliphatic rings. The SMILES string of the molecule is C=C1CC[C@H](CC)OC1.C=C1COC(CCC(=O)CC2OC3C(O)[C@H]4OC(CC(=O)CC5CCO[C@H]5C)CCC4O[C@H]3C2O)C1.CC.CC.CC.CC(O)CO.CCC. The van der Waals surface area contributed by atoms with Gasteiger partial charge in [0, 0.05) is 32.3 Å². The second kappa shape index (κ2) is 33.0. The molecule has 6 heterocycles. The summed E-state index contributed by atoms with van der Waals surface area (Å²) in [5.74, 6) is 0.405. The van der Waals surface area contributed by atoms with Gasteiger partial charge in [-0.05, 0) is 76.7 Å². The standard InChI is InChI=1S/C27H40O9.C8H14O.C3H8O2.C3H8.3C2H6/c1-14-9-19(33-13-14)4-3-17(28)12-22-23(30)26-27(36-22)24(31)25-21(35-26)6-5-20(34-25)11-18(29)10-16-7-8-32-15(16)2;1-3-8-5-4-7(2)6-9-8;1-3(5)2-4;1-3-2;3*1-2/h15-16,19-27,30-31H,1,3-13H2,2H3;8H,2-6H2,1H3;3-5H,2H2,1H3;3H2,1-2H3;3*1-2H3/t15-,16?,19?,20?,21?,22?,23?,24?,25-,26-,27?;8-;;;;;/m00...../s1. The number of aliphatic hydroxyl groups is 4. The third kappa shape index (κ3) is 20.9. The molecule has 6 saturated heterocycles. The van der Waals surface area contributed by atoms with Crippen molar-refractivity contribution in [3.8, 4) is 0 Å². The van der Waals surface area contributed by atoms with Crippen LogP contribution in [-0.4, -0.2) is 132 Å².